The summed E-state index contributed by atoms with van der Waals surface area (Å²) in [4.78, 5) is 0.289. The average Bonchev–Trinajstić information content (AvgIpc) is 2.41. The first-order chi connectivity index (χ1) is 9.86. The van der Waals surface area contributed by atoms with Crippen molar-refractivity contribution < 1.29 is 8.42 Å². The lowest BCUT2D eigenvalue weighted by molar-refractivity contribution is 0.371. The summed E-state index contributed by atoms with van der Waals surface area (Å²) in [5.74, 6) is 0. The van der Waals surface area contributed by atoms with E-state index in [1.807, 2.05) is 0 Å². The highest BCUT2D eigenvalue weighted by molar-refractivity contribution is 7.90. The van der Waals surface area contributed by atoms with Crippen molar-refractivity contribution in [3.8, 4) is 0 Å². The van der Waals surface area contributed by atoms with Gasteiger partial charge in [0.05, 0.1) is 15.6 Å². The Bertz CT molecular complexity index is 583. The van der Waals surface area contributed by atoms with Gasteiger partial charge >= 0.3 is 0 Å². The van der Waals surface area contributed by atoms with Gasteiger partial charge < -0.3 is 10.6 Å². The maximum absolute atomic E-state index is 11.6. The van der Waals surface area contributed by atoms with Crippen molar-refractivity contribution in [1.29, 1.82) is 0 Å². The van der Waals surface area contributed by atoms with Gasteiger partial charge in [-0.15, -0.1) is 0 Å². The number of halogens is 1. The second-order valence-electron chi connectivity index (χ2n) is 5.84. The molecular formula is C15H23ClN2O2S. The number of hydrogen-bond donors (Lipinski definition) is 2. The van der Waals surface area contributed by atoms with Crippen LogP contribution in [0.25, 0.3) is 0 Å². The van der Waals surface area contributed by atoms with Crippen LogP contribution in [0.3, 0.4) is 0 Å². The first kappa shape index (κ1) is 16.6. The summed E-state index contributed by atoms with van der Waals surface area (Å²) in [7, 11) is -3.22. The highest BCUT2D eigenvalue weighted by Crippen LogP contribution is 2.26. The minimum absolute atomic E-state index is 0.230. The number of nitrogens with one attached hydrogen (secondary N) is 2. The zero-order chi connectivity index (χ0) is 15.5. The summed E-state index contributed by atoms with van der Waals surface area (Å²) >= 11 is 6.16. The smallest absolute Gasteiger partial charge is 0.175 e. The van der Waals surface area contributed by atoms with Gasteiger partial charge in [0, 0.05) is 18.3 Å². The van der Waals surface area contributed by atoms with Crippen molar-refractivity contribution in [3.63, 3.8) is 0 Å². The van der Waals surface area contributed by atoms with Crippen LogP contribution in [-0.2, 0) is 9.84 Å². The van der Waals surface area contributed by atoms with E-state index in [1.165, 1.54) is 31.6 Å². The number of anilines is 1. The van der Waals surface area contributed by atoms with Gasteiger partial charge in [-0.2, -0.15) is 0 Å². The average molecular weight is 331 g/mol. The molecule has 1 heterocycles. The minimum Gasteiger partial charge on any atom is -0.381 e. The van der Waals surface area contributed by atoms with Crippen LogP contribution in [0.2, 0.25) is 5.02 Å². The highest BCUT2D eigenvalue weighted by atomic mass is 35.5. The molecule has 1 saturated heterocycles. The normalized spacial score (nSPS) is 21.0. The third kappa shape index (κ3) is 4.87. The predicted molar refractivity (Wildman–Crippen MR) is 87.9 cm³/mol. The third-order valence-corrected chi connectivity index (χ3v) is 5.26. The lowest BCUT2D eigenvalue weighted by atomic mass is 9.99. The van der Waals surface area contributed by atoms with Gasteiger partial charge in [-0.1, -0.05) is 18.0 Å². The van der Waals surface area contributed by atoms with E-state index >= 15 is 0 Å². The van der Waals surface area contributed by atoms with E-state index in [4.69, 9.17) is 11.6 Å². The Morgan fingerprint density at radius 2 is 2.19 bits per heavy atom. The molecule has 1 fully saturated rings. The van der Waals surface area contributed by atoms with Crippen molar-refractivity contribution in [2.24, 2.45) is 0 Å². The van der Waals surface area contributed by atoms with Gasteiger partial charge in [0.25, 0.3) is 0 Å². The molecule has 2 N–H and O–H groups in total. The van der Waals surface area contributed by atoms with Crippen molar-refractivity contribution >= 4 is 27.1 Å². The molecule has 0 aromatic heterocycles. The van der Waals surface area contributed by atoms with Gasteiger partial charge in [-0.25, -0.2) is 8.42 Å². The van der Waals surface area contributed by atoms with Crippen LogP contribution >= 0.6 is 11.6 Å². The largest absolute Gasteiger partial charge is 0.381 e. The standard InChI is InChI=1S/C15H23ClN2O2S/c1-11(9-12-5-3-4-8-17-12)18-15-10-13(21(2,19)20)6-7-14(15)16/h6-7,10-12,17-18H,3-5,8-9H2,1-2H3. The van der Waals surface area contributed by atoms with E-state index in [1.54, 1.807) is 12.1 Å². The minimum atomic E-state index is -3.22. The molecule has 0 amide bonds. The Hall–Kier alpha value is -0.780. The SMILES string of the molecule is CC(CC1CCCCN1)Nc1cc(S(C)(=O)=O)ccc1Cl. The summed E-state index contributed by atoms with van der Waals surface area (Å²) in [5, 5.41) is 7.40. The molecule has 1 aromatic rings. The molecule has 0 saturated carbocycles. The molecule has 2 unspecified atom stereocenters. The van der Waals surface area contributed by atoms with Crippen molar-refractivity contribution in [2.45, 2.75) is 49.6 Å². The fourth-order valence-electron chi connectivity index (χ4n) is 2.72. The van der Waals surface area contributed by atoms with Crippen LogP contribution in [0.15, 0.2) is 23.1 Å². The second-order valence-corrected chi connectivity index (χ2v) is 8.26. The van der Waals surface area contributed by atoms with Gasteiger partial charge in [-0.3, -0.25) is 0 Å². The Morgan fingerprint density at radius 1 is 1.43 bits per heavy atom. The number of benzene rings is 1. The quantitative estimate of drug-likeness (QED) is 0.871. The Kier molecular flexibility index (Phi) is 5.52. The zero-order valence-electron chi connectivity index (χ0n) is 12.5. The van der Waals surface area contributed by atoms with Crippen LogP contribution in [-0.4, -0.2) is 33.3 Å². The van der Waals surface area contributed by atoms with E-state index in [2.05, 4.69) is 17.6 Å². The number of piperidine rings is 1. The Balaban J connectivity index is 2.04. The van der Waals surface area contributed by atoms with Gasteiger partial charge in [0.2, 0.25) is 0 Å². The number of hydrogen-bond acceptors (Lipinski definition) is 4. The number of sulfone groups is 1. The molecule has 4 nitrogen and oxygen atoms in total. The van der Waals surface area contributed by atoms with E-state index < -0.39 is 9.84 Å². The molecule has 6 heteroatoms. The van der Waals surface area contributed by atoms with Gasteiger partial charge in [0.15, 0.2) is 9.84 Å². The fraction of sp³-hybridized carbons (Fsp3) is 0.600. The Morgan fingerprint density at radius 3 is 2.81 bits per heavy atom. The van der Waals surface area contributed by atoms with Gasteiger partial charge in [0.1, 0.15) is 0 Å². The van der Waals surface area contributed by atoms with Crippen LogP contribution in [0, 0.1) is 0 Å². The van der Waals surface area contributed by atoms with Crippen LogP contribution in [0.4, 0.5) is 5.69 Å². The molecule has 1 aromatic carbocycles. The molecule has 0 bridgehead atoms. The lowest BCUT2D eigenvalue weighted by Gasteiger charge is -2.27. The van der Waals surface area contributed by atoms with E-state index in [9.17, 15) is 8.42 Å². The van der Waals surface area contributed by atoms with Crippen LogP contribution in [0.1, 0.15) is 32.6 Å². The summed E-state index contributed by atoms with van der Waals surface area (Å²) in [5.41, 5.74) is 0.683. The first-order valence-electron chi connectivity index (χ1n) is 7.36. The third-order valence-electron chi connectivity index (χ3n) is 3.82. The monoisotopic (exact) mass is 330 g/mol. The molecule has 1 aliphatic heterocycles. The fourth-order valence-corrected chi connectivity index (χ4v) is 3.54. The molecule has 0 radical (unpaired) electrons. The maximum Gasteiger partial charge on any atom is 0.175 e. The molecule has 0 spiro atoms. The van der Waals surface area contributed by atoms with Gasteiger partial charge in [-0.05, 0) is 50.9 Å². The summed E-state index contributed by atoms with van der Waals surface area (Å²) in [6.07, 6.45) is 5.92. The summed E-state index contributed by atoms with van der Waals surface area (Å²) < 4.78 is 23.2. The van der Waals surface area contributed by atoms with Crippen LogP contribution in [0.5, 0.6) is 0 Å². The molecule has 0 aliphatic carbocycles. The highest BCUT2D eigenvalue weighted by Gasteiger charge is 2.17. The maximum atomic E-state index is 11.6. The molecule has 2 rings (SSSR count). The van der Waals surface area contributed by atoms with Crippen molar-refractivity contribution in [1.82, 2.24) is 5.32 Å². The number of rotatable bonds is 5. The van der Waals surface area contributed by atoms with E-state index in [0.717, 1.165) is 13.0 Å². The van der Waals surface area contributed by atoms with E-state index in [-0.39, 0.29) is 10.9 Å². The molecular weight excluding hydrogens is 308 g/mol. The summed E-state index contributed by atoms with van der Waals surface area (Å²) in [6, 6.07) is 5.54. The topological polar surface area (TPSA) is 58.2 Å². The lowest BCUT2D eigenvalue weighted by Crippen LogP contribution is -2.37. The van der Waals surface area contributed by atoms with Crippen molar-refractivity contribution in [2.75, 3.05) is 18.1 Å². The first-order valence-corrected chi connectivity index (χ1v) is 9.63. The molecule has 2 atom stereocenters. The summed E-state index contributed by atoms with van der Waals surface area (Å²) in [6.45, 7) is 3.18. The van der Waals surface area contributed by atoms with Crippen LogP contribution < -0.4 is 10.6 Å². The molecule has 1 aliphatic rings. The van der Waals surface area contributed by atoms with E-state index in [0.29, 0.717) is 16.8 Å². The molecule has 118 valence electrons. The van der Waals surface area contributed by atoms with Crippen molar-refractivity contribution in [3.05, 3.63) is 23.2 Å². The second kappa shape index (κ2) is 6.99. The molecule has 21 heavy (non-hydrogen) atoms. The predicted octanol–water partition coefficient (Wildman–Crippen LogP) is 3.08. The zero-order valence-corrected chi connectivity index (χ0v) is 14.1. The Labute approximate surface area is 132 Å².